The quantitative estimate of drug-likeness (QED) is 0.108. The molecule has 4 aliphatic heterocycles. The minimum atomic E-state index is -1.31. The number of thiophene rings is 1. The minimum Gasteiger partial charge on any atom is -0.477 e. The first-order valence-corrected chi connectivity index (χ1v) is 16.8. The van der Waals surface area contributed by atoms with Crippen LogP contribution in [0.5, 0.6) is 0 Å². The highest BCUT2D eigenvalue weighted by Gasteiger charge is 2.54. The second-order valence-corrected chi connectivity index (χ2v) is 13.5. The van der Waals surface area contributed by atoms with Crippen LogP contribution in [0.2, 0.25) is 0 Å². The SMILES string of the molecule is CC1=NC2=CN(C(=O)O)NN2C(SCC2=C(C(=O)O)N3C(=O)[C@@H](NC(=O)C(=NOC(=O)c4cccs4)c4csc(N)n4)[C@H]3SC2)=C1. The van der Waals surface area contributed by atoms with E-state index >= 15 is 0 Å². The van der Waals surface area contributed by atoms with Gasteiger partial charge in [0.15, 0.2) is 16.7 Å². The molecule has 0 radical (unpaired) electrons. The molecule has 1 fully saturated rings. The van der Waals surface area contributed by atoms with Gasteiger partial charge in [-0.2, -0.15) is 5.01 Å². The van der Waals surface area contributed by atoms with Crippen LogP contribution < -0.4 is 16.6 Å². The molecule has 3 amide bonds. The third kappa shape index (κ3) is 5.97. The lowest BCUT2D eigenvalue weighted by Gasteiger charge is -2.49. The first-order chi connectivity index (χ1) is 22.0. The summed E-state index contributed by atoms with van der Waals surface area (Å²) in [5.41, 5.74) is 8.91. The lowest BCUT2D eigenvalue weighted by Crippen LogP contribution is -2.71. The summed E-state index contributed by atoms with van der Waals surface area (Å²) >= 11 is 4.65. The third-order valence-electron chi connectivity index (χ3n) is 6.58. The van der Waals surface area contributed by atoms with Crippen LogP contribution in [0.4, 0.5) is 9.93 Å². The lowest BCUT2D eigenvalue weighted by atomic mass is 10.0. The fourth-order valence-electron chi connectivity index (χ4n) is 4.56. The molecular formula is C25H21N9O8S4. The van der Waals surface area contributed by atoms with Gasteiger partial charge in [-0.25, -0.2) is 29.4 Å². The van der Waals surface area contributed by atoms with Gasteiger partial charge < -0.3 is 26.1 Å². The van der Waals surface area contributed by atoms with E-state index in [0.29, 0.717) is 22.1 Å². The normalized spacial score (nSPS) is 20.7. The molecule has 238 valence electrons. The Hall–Kier alpha value is -4.70. The van der Waals surface area contributed by atoms with Crippen LogP contribution in [0, 0.1) is 0 Å². The van der Waals surface area contributed by atoms with E-state index in [1.54, 1.807) is 24.4 Å². The molecule has 0 aromatic carbocycles. The van der Waals surface area contributed by atoms with Crippen LogP contribution in [-0.2, 0) is 19.2 Å². The van der Waals surface area contributed by atoms with Crippen molar-refractivity contribution in [3.63, 3.8) is 0 Å². The van der Waals surface area contributed by atoms with Crippen molar-refractivity contribution in [2.24, 2.45) is 10.1 Å². The average molecular weight is 704 g/mol. The molecule has 46 heavy (non-hydrogen) atoms. The molecule has 4 aliphatic rings. The number of hydrazine groups is 2. The van der Waals surface area contributed by atoms with Gasteiger partial charge in [-0.1, -0.05) is 11.2 Å². The lowest BCUT2D eigenvalue weighted by molar-refractivity contribution is -0.150. The number of thiazole rings is 1. The predicted molar refractivity (Wildman–Crippen MR) is 169 cm³/mol. The summed E-state index contributed by atoms with van der Waals surface area (Å²) in [6, 6.07) is 2.07. The third-order valence-corrected chi connectivity index (χ3v) is 10.5. The van der Waals surface area contributed by atoms with Crippen molar-refractivity contribution in [1.82, 2.24) is 30.8 Å². The zero-order chi connectivity index (χ0) is 32.7. The summed E-state index contributed by atoms with van der Waals surface area (Å²) in [7, 11) is 0. The summed E-state index contributed by atoms with van der Waals surface area (Å²) in [4.78, 5) is 77.5. The number of oxime groups is 1. The van der Waals surface area contributed by atoms with E-state index in [1.165, 1.54) is 46.2 Å². The summed E-state index contributed by atoms with van der Waals surface area (Å²) in [6.45, 7) is 1.74. The molecule has 6 heterocycles. The number of hydrogen-bond acceptors (Lipinski definition) is 16. The molecule has 0 unspecified atom stereocenters. The molecule has 0 spiro atoms. The molecule has 0 aliphatic carbocycles. The van der Waals surface area contributed by atoms with E-state index in [4.69, 9.17) is 10.6 Å². The Labute approximate surface area is 275 Å². The van der Waals surface area contributed by atoms with Gasteiger partial charge in [0.05, 0.1) is 11.2 Å². The molecule has 0 bridgehead atoms. The van der Waals surface area contributed by atoms with Crippen molar-refractivity contribution in [1.29, 1.82) is 0 Å². The number of nitrogens with two attached hydrogens (primary N) is 1. The first-order valence-electron chi connectivity index (χ1n) is 13.0. The van der Waals surface area contributed by atoms with Crippen molar-refractivity contribution in [3.05, 3.63) is 67.9 Å². The second kappa shape index (κ2) is 12.6. The van der Waals surface area contributed by atoms with E-state index < -0.39 is 41.3 Å². The summed E-state index contributed by atoms with van der Waals surface area (Å²) in [5, 5.41) is 31.1. The van der Waals surface area contributed by atoms with E-state index in [1.807, 2.05) is 0 Å². The second-order valence-electron chi connectivity index (χ2n) is 9.58. The maximum Gasteiger partial charge on any atom is 0.427 e. The molecule has 17 nitrogen and oxygen atoms in total. The predicted octanol–water partition coefficient (Wildman–Crippen LogP) is 1.65. The number of aromatic nitrogens is 1. The number of amides is 3. The van der Waals surface area contributed by atoms with Gasteiger partial charge in [0, 0.05) is 22.6 Å². The highest BCUT2D eigenvalue weighted by Crippen LogP contribution is 2.42. The maximum atomic E-state index is 13.3. The Bertz CT molecular complexity index is 1820. The largest absolute Gasteiger partial charge is 0.477 e. The van der Waals surface area contributed by atoms with Crippen molar-refractivity contribution in [2.45, 2.75) is 18.3 Å². The average Bonchev–Trinajstić information content (AvgIpc) is 3.79. The van der Waals surface area contributed by atoms with Crippen LogP contribution in [0.3, 0.4) is 0 Å². The molecular weight excluding hydrogens is 683 g/mol. The van der Waals surface area contributed by atoms with Gasteiger partial charge in [-0.05, 0) is 30.0 Å². The zero-order valence-electron chi connectivity index (χ0n) is 23.3. The number of nitrogens with zero attached hydrogens (tertiary/aromatic N) is 6. The number of hydrogen-bond donors (Lipinski definition) is 5. The number of carboxylic acid groups (broad SMARTS) is 2. The molecule has 2 aromatic rings. The van der Waals surface area contributed by atoms with Gasteiger partial charge in [-0.15, -0.1) is 51.7 Å². The number of carbonyl (C=O) groups is 5. The summed E-state index contributed by atoms with van der Waals surface area (Å²) < 4.78 is 0. The van der Waals surface area contributed by atoms with Gasteiger partial charge >= 0.3 is 18.0 Å². The first kappa shape index (κ1) is 31.3. The number of aliphatic carboxylic acids is 1. The van der Waals surface area contributed by atoms with E-state index in [-0.39, 0.29) is 38.6 Å². The molecule has 2 aromatic heterocycles. The Balaban J connectivity index is 1.16. The molecule has 0 saturated carbocycles. The van der Waals surface area contributed by atoms with Gasteiger partial charge in [0.2, 0.25) is 0 Å². The molecule has 1 saturated heterocycles. The topological polar surface area (TPSA) is 232 Å². The number of fused-ring (bicyclic) bond motifs is 2. The number of allylic oxidation sites excluding steroid dienone is 1. The molecule has 21 heteroatoms. The maximum absolute atomic E-state index is 13.3. The van der Waals surface area contributed by atoms with Crippen molar-refractivity contribution < 1.29 is 39.0 Å². The monoisotopic (exact) mass is 703 g/mol. The standard InChI is InChI=1S/C25H21N9O8S4/c1-10-5-15(34-14(27-10)6-32(31-34)25(40)41)44-7-11-8-45-21-17(20(36)33(21)18(11)22(37)38)29-19(35)16(12-9-46-24(26)28-12)30-42-23(39)13-3-2-4-43-13/h2-6,9,17,21,31H,7-8H2,1H3,(H2,26,28)(H,29,35)(H,37,38)(H,40,41)/t17-,21-/m1/s1. The van der Waals surface area contributed by atoms with E-state index in [9.17, 15) is 34.2 Å². The Morgan fingerprint density at radius 1 is 1.28 bits per heavy atom. The number of carbonyl (C=O) groups excluding carboxylic acids is 3. The number of β-lactam (4-membered cyclic amide) rings is 1. The highest BCUT2D eigenvalue weighted by molar-refractivity contribution is 8.03. The van der Waals surface area contributed by atoms with Crippen molar-refractivity contribution in [2.75, 3.05) is 17.2 Å². The molecule has 2 atom stereocenters. The number of aliphatic imine (C=N–C) groups is 1. The summed E-state index contributed by atoms with van der Waals surface area (Å²) in [6.07, 6.45) is 1.78. The number of nitrogen functional groups attached to an aromatic ring is 1. The van der Waals surface area contributed by atoms with Crippen LogP contribution in [-0.4, -0.2) is 94.3 Å². The van der Waals surface area contributed by atoms with Gasteiger partial charge in [-0.3, -0.25) is 14.5 Å². The van der Waals surface area contributed by atoms with Crippen LogP contribution in [0.1, 0.15) is 22.3 Å². The van der Waals surface area contributed by atoms with Crippen LogP contribution in [0.15, 0.2) is 67.4 Å². The number of anilines is 1. The highest BCUT2D eigenvalue weighted by atomic mass is 32.2. The zero-order valence-corrected chi connectivity index (χ0v) is 26.5. The number of nitrogens with one attached hydrogen (secondary N) is 2. The van der Waals surface area contributed by atoms with E-state index in [2.05, 4.69) is 26.0 Å². The van der Waals surface area contributed by atoms with E-state index in [0.717, 1.165) is 32.6 Å². The number of thioether (sulfide) groups is 2. The van der Waals surface area contributed by atoms with Gasteiger partial charge in [0.25, 0.3) is 11.8 Å². The fourth-order valence-corrected chi connectivity index (χ4v) is 8.25. The summed E-state index contributed by atoms with van der Waals surface area (Å²) in [5.74, 6) is -2.89. The molecule has 6 rings (SSSR count). The minimum absolute atomic E-state index is 0.0265. The Morgan fingerprint density at radius 3 is 2.76 bits per heavy atom. The van der Waals surface area contributed by atoms with Crippen molar-refractivity contribution >= 4 is 92.6 Å². The fraction of sp³-hybridized carbons (Fsp3) is 0.200. The Kier molecular flexibility index (Phi) is 8.57. The van der Waals surface area contributed by atoms with Crippen LogP contribution >= 0.6 is 46.2 Å². The molecule has 6 N–H and O–H groups in total. The smallest absolute Gasteiger partial charge is 0.427 e. The Morgan fingerprint density at radius 2 is 2.09 bits per heavy atom. The number of rotatable bonds is 9. The number of carboxylic acids is 1. The van der Waals surface area contributed by atoms with Crippen LogP contribution in [0.25, 0.3) is 0 Å². The van der Waals surface area contributed by atoms with Crippen molar-refractivity contribution in [3.8, 4) is 0 Å². The van der Waals surface area contributed by atoms with Gasteiger partial charge in [0.1, 0.15) is 27.7 Å².